The Morgan fingerprint density at radius 3 is 2.05 bits per heavy atom. The predicted octanol–water partition coefficient (Wildman–Crippen LogP) is 5.62. The highest BCUT2D eigenvalue weighted by Gasteiger charge is 2.26. The minimum absolute atomic E-state index is 0.00572. The Kier molecular flexibility index (Phi) is 6.65. The van der Waals surface area contributed by atoms with E-state index in [1.807, 2.05) is 0 Å². The van der Waals surface area contributed by atoms with Crippen LogP contribution in [0.3, 0.4) is 0 Å². The Balaban J connectivity index is 1.89. The Labute approximate surface area is 248 Å². The Bertz CT molecular complexity index is 2200. The monoisotopic (exact) mass is 598 g/mol. The van der Waals surface area contributed by atoms with Crippen LogP contribution >= 0.6 is 0 Å². The average Bonchev–Trinajstić information content (AvgIpc) is 3.00. The van der Waals surface area contributed by atoms with Gasteiger partial charge in [-0.3, -0.25) is 4.79 Å². The molecule has 11 nitrogen and oxygen atoms in total. The molecule has 224 valence electrons. The zero-order valence-corrected chi connectivity index (χ0v) is 23.6. The van der Waals surface area contributed by atoms with Gasteiger partial charge in [0.05, 0.1) is 21.3 Å². The molecule has 6 aromatic rings. The summed E-state index contributed by atoms with van der Waals surface area (Å²) in [6.07, 6.45) is 0.0171. The van der Waals surface area contributed by atoms with Gasteiger partial charge in [0.15, 0.2) is 46.0 Å². The highest BCUT2D eigenvalue weighted by molar-refractivity contribution is 6.19. The maximum absolute atomic E-state index is 13.4. The molecule has 11 heteroatoms. The van der Waals surface area contributed by atoms with E-state index in [0.29, 0.717) is 43.8 Å². The number of rotatable bonds is 6. The molecular weight excluding hydrogens is 572 g/mol. The van der Waals surface area contributed by atoms with Crippen molar-refractivity contribution in [3.8, 4) is 62.9 Å². The fraction of sp³-hybridized carbons (Fsp3) is 0.121. The molecule has 0 bridgehead atoms. The van der Waals surface area contributed by atoms with Crippen LogP contribution in [0.5, 0.6) is 51.7 Å². The lowest BCUT2D eigenvalue weighted by Crippen LogP contribution is -2.10. The zero-order valence-electron chi connectivity index (χ0n) is 23.6. The number of hydrogen-bond donors (Lipinski definition) is 6. The Morgan fingerprint density at radius 1 is 0.682 bits per heavy atom. The van der Waals surface area contributed by atoms with Crippen LogP contribution in [0.15, 0.2) is 63.8 Å². The molecule has 0 fully saturated rings. The largest absolute Gasteiger partial charge is 0.504 e. The number of phenolic OH excluding ortho intramolecular Hbond substituents is 6. The second-order valence-electron chi connectivity index (χ2n) is 10.1. The van der Waals surface area contributed by atoms with Crippen molar-refractivity contribution < 1.29 is 49.3 Å². The summed E-state index contributed by atoms with van der Waals surface area (Å²) in [5.41, 5.74) is 1.67. The molecular formula is C33H26O11. The fourth-order valence-electron chi connectivity index (χ4n) is 5.61. The van der Waals surface area contributed by atoms with Gasteiger partial charge in [0.2, 0.25) is 5.75 Å². The first-order chi connectivity index (χ1) is 21.1. The van der Waals surface area contributed by atoms with E-state index in [-0.39, 0.29) is 52.1 Å². The van der Waals surface area contributed by atoms with Gasteiger partial charge in [0, 0.05) is 39.8 Å². The van der Waals surface area contributed by atoms with E-state index in [9.17, 15) is 35.4 Å². The smallest absolute Gasteiger partial charge is 0.262 e. The van der Waals surface area contributed by atoms with Crippen molar-refractivity contribution >= 4 is 32.7 Å². The first kappa shape index (κ1) is 28.2. The van der Waals surface area contributed by atoms with Gasteiger partial charge in [-0.15, -0.1) is 0 Å². The molecule has 0 unspecified atom stereocenters. The van der Waals surface area contributed by atoms with E-state index in [4.69, 9.17) is 18.6 Å². The molecule has 0 atom stereocenters. The van der Waals surface area contributed by atoms with E-state index in [2.05, 4.69) is 0 Å². The van der Waals surface area contributed by atoms with Crippen LogP contribution in [0.4, 0.5) is 0 Å². The van der Waals surface area contributed by atoms with Gasteiger partial charge in [-0.05, 0) is 52.9 Å². The van der Waals surface area contributed by atoms with Crippen LogP contribution in [0, 0.1) is 0 Å². The number of fused-ring (bicyclic) bond motifs is 4. The summed E-state index contributed by atoms with van der Waals surface area (Å²) in [6.45, 7) is 0. The molecule has 1 aromatic heterocycles. The molecule has 0 amide bonds. The quantitative estimate of drug-likeness (QED) is 0.0796. The second kappa shape index (κ2) is 10.4. The van der Waals surface area contributed by atoms with Crippen molar-refractivity contribution in [3.05, 3.63) is 75.9 Å². The highest BCUT2D eigenvalue weighted by Crippen LogP contribution is 2.48. The van der Waals surface area contributed by atoms with Crippen molar-refractivity contribution in [2.45, 2.75) is 6.42 Å². The lowest BCUT2D eigenvalue weighted by atomic mass is 9.86. The van der Waals surface area contributed by atoms with E-state index in [1.54, 1.807) is 18.2 Å². The number of benzene rings is 5. The van der Waals surface area contributed by atoms with E-state index in [0.717, 1.165) is 0 Å². The molecule has 44 heavy (non-hydrogen) atoms. The minimum Gasteiger partial charge on any atom is -0.504 e. The molecule has 5 aromatic carbocycles. The number of methoxy groups -OCH3 is 3. The lowest BCUT2D eigenvalue weighted by molar-refractivity contribution is 0.348. The van der Waals surface area contributed by atoms with Gasteiger partial charge in [-0.25, -0.2) is 0 Å². The number of aromatic hydroxyl groups is 6. The van der Waals surface area contributed by atoms with Crippen LogP contribution in [0.25, 0.3) is 43.8 Å². The third kappa shape index (κ3) is 4.25. The first-order valence-electron chi connectivity index (χ1n) is 13.2. The van der Waals surface area contributed by atoms with Crippen molar-refractivity contribution in [1.82, 2.24) is 0 Å². The van der Waals surface area contributed by atoms with Crippen LogP contribution in [-0.4, -0.2) is 52.0 Å². The van der Waals surface area contributed by atoms with E-state index >= 15 is 0 Å². The molecule has 6 N–H and O–H groups in total. The van der Waals surface area contributed by atoms with Gasteiger partial charge in [0.25, 0.3) is 5.43 Å². The van der Waals surface area contributed by atoms with Gasteiger partial charge in [-0.2, -0.15) is 0 Å². The van der Waals surface area contributed by atoms with Crippen LogP contribution in [0.1, 0.15) is 11.1 Å². The standard InChI is InChI=1S/C33H26O11/c1-41-26-12-17-27(14-4-6-20(34)22(36)10-14)18(8-15-5-7-21(35)29(39)31(15)42-2)32-19(28(17)33(43-3)30(26)40)9-16-11-23(37)24(38)13-25(16)44-32/h4-7,9-13,34-39H,8H2,1-3H3. The maximum atomic E-state index is 13.4. The highest BCUT2D eigenvalue weighted by atomic mass is 16.5. The summed E-state index contributed by atoms with van der Waals surface area (Å²) in [5, 5.41) is 63.4. The van der Waals surface area contributed by atoms with Crippen LogP contribution < -0.4 is 19.6 Å². The van der Waals surface area contributed by atoms with Gasteiger partial charge < -0.3 is 49.3 Å². The van der Waals surface area contributed by atoms with Crippen LogP contribution in [-0.2, 0) is 6.42 Å². The molecule has 0 aliphatic carbocycles. The van der Waals surface area contributed by atoms with Crippen molar-refractivity contribution in [2.75, 3.05) is 21.3 Å². The molecule has 0 spiro atoms. The third-order valence-corrected chi connectivity index (χ3v) is 7.63. The van der Waals surface area contributed by atoms with E-state index in [1.165, 1.54) is 57.7 Å². The molecule has 1 heterocycles. The van der Waals surface area contributed by atoms with Gasteiger partial charge in [-0.1, -0.05) is 12.1 Å². The Morgan fingerprint density at radius 2 is 1.36 bits per heavy atom. The lowest BCUT2D eigenvalue weighted by Gasteiger charge is -2.21. The maximum Gasteiger partial charge on any atom is 0.262 e. The topological polar surface area (TPSA) is 179 Å². The minimum atomic E-state index is -0.533. The molecule has 0 radical (unpaired) electrons. The molecule has 0 saturated heterocycles. The summed E-state index contributed by atoms with van der Waals surface area (Å²) in [5.74, 6) is -2.49. The summed E-state index contributed by atoms with van der Waals surface area (Å²) in [7, 11) is 4.03. The predicted molar refractivity (Wildman–Crippen MR) is 162 cm³/mol. The number of ether oxygens (including phenoxy) is 3. The first-order valence-corrected chi connectivity index (χ1v) is 13.2. The normalized spacial score (nSPS) is 11.3. The zero-order chi connectivity index (χ0) is 31.4. The molecule has 0 aliphatic rings. The SMILES string of the molecule is COc1c(Cc2c(-c3ccc(O)c(O)c3)c3cc(OC)c(=O)c(OC)c3c3cc4cc(O)c(O)cc4oc23)ccc(O)c1O. The number of phenols is 6. The fourth-order valence-corrected chi connectivity index (χ4v) is 5.61. The Hall–Kier alpha value is -5.97. The number of hydrogen-bond acceptors (Lipinski definition) is 11. The summed E-state index contributed by atoms with van der Waals surface area (Å²) in [6, 6.07) is 12.9. The average molecular weight is 599 g/mol. The van der Waals surface area contributed by atoms with Gasteiger partial charge in [0.1, 0.15) is 11.2 Å². The third-order valence-electron chi connectivity index (χ3n) is 7.63. The van der Waals surface area contributed by atoms with Crippen molar-refractivity contribution in [3.63, 3.8) is 0 Å². The summed E-state index contributed by atoms with van der Waals surface area (Å²) in [4.78, 5) is 13.4. The van der Waals surface area contributed by atoms with Gasteiger partial charge >= 0.3 is 0 Å². The summed E-state index contributed by atoms with van der Waals surface area (Å²) < 4.78 is 22.9. The molecule has 0 saturated carbocycles. The van der Waals surface area contributed by atoms with E-state index < -0.39 is 22.7 Å². The van der Waals surface area contributed by atoms with Crippen molar-refractivity contribution in [2.24, 2.45) is 0 Å². The summed E-state index contributed by atoms with van der Waals surface area (Å²) >= 11 is 0. The second-order valence-corrected chi connectivity index (χ2v) is 10.1. The molecule has 6 rings (SSSR count). The van der Waals surface area contributed by atoms with Crippen LogP contribution in [0.2, 0.25) is 0 Å². The van der Waals surface area contributed by atoms with Crippen molar-refractivity contribution in [1.29, 1.82) is 0 Å². The molecule has 0 aliphatic heterocycles.